The van der Waals surface area contributed by atoms with Crippen molar-refractivity contribution in [1.82, 2.24) is 4.90 Å². The summed E-state index contributed by atoms with van der Waals surface area (Å²) in [6.07, 6.45) is 2.27. The Labute approximate surface area is 166 Å². The molecular formula is C21H20FNO6. The van der Waals surface area contributed by atoms with Crippen molar-refractivity contribution in [2.45, 2.75) is 24.9 Å². The molecule has 8 heteroatoms. The molecule has 1 amide bonds. The first-order valence-corrected chi connectivity index (χ1v) is 9.34. The topological polar surface area (TPSA) is 96.3 Å². The highest BCUT2D eigenvalue weighted by atomic mass is 19.1. The van der Waals surface area contributed by atoms with Crippen LogP contribution in [0.3, 0.4) is 0 Å². The number of rotatable bonds is 7. The lowest BCUT2D eigenvalue weighted by Gasteiger charge is -2.30. The molecular weight excluding hydrogens is 381 g/mol. The van der Waals surface area contributed by atoms with Gasteiger partial charge in [-0.2, -0.15) is 0 Å². The SMILES string of the molecule is O=C(O)c1cc(Oc2ccc(C(=O)N3CCC3)cc2F)cc(OC2(CO)CC2)c1. The van der Waals surface area contributed by atoms with Crippen LogP contribution in [0.5, 0.6) is 17.2 Å². The quantitative estimate of drug-likeness (QED) is 0.740. The standard InChI is InChI=1S/C21H20FNO6/c22-17-10-13(19(25)23-6-1-7-23)2-3-18(17)28-15-8-14(20(26)27)9-16(11-15)29-21(12-24)4-5-21/h2-3,8-11,24H,1,4-7,12H2,(H,26,27). The molecule has 0 atom stereocenters. The van der Waals surface area contributed by atoms with Gasteiger partial charge in [0.05, 0.1) is 12.2 Å². The maximum absolute atomic E-state index is 14.5. The number of benzene rings is 2. The van der Waals surface area contributed by atoms with Crippen LogP contribution in [0.2, 0.25) is 0 Å². The summed E-state index contributed by atoms with van der Waals surface area (Å²) in [5.74, 6) is -1.99. The molecule has 1 aliphatic carbocycles. The molecule has 0 spiro atoms. The first-order valence-electron chi connectivity index (χ1n) is 9.34. The average molecular weight is 401 g/mol. The Balaban J connectivity index is 1.57. The van der Waals surface area contributed by atoms with E-state index in [1.54, 1.807) is 4.90 Å². The maximum atomic E-state index is 14.5. The molecule has 2 fully saturated rings. The molecule has 152 valence electrons. The van der Waals surface area contributed by atoms with Gasteiger partial charge in [-0.15, -0.1) is 0 Å². The number of halogens is 1. The number of nitrogens with zero attached hydrogens (tertiary/aromatic N) is 1. The fourth-order valence-corrected chi connectivity index (χ4v) is 3.04. The number of hydrogen-bond donors (Lipinski definition) is 2. The Bertz CT molecular complexity index is 968. The van der Waals surface area contributed by atoms with E-state index in [-0.39, 0.29) is 40.9 Å². The molecule has 1 aliphatic heterocycles. The lowest BCUT2D eigenvalue weighted by Crippen LogP contribution is -2.42. The van der Waals surface area contributed by atoms with Gasteiger partial charge in [0.2, 0.25) is 0 Å². The number of carbonyl (C=O) groups excluding carboxylic acids is 1. The monoisotopic (exact) mass is 401 g/mol. The molecule has 29 heavy (non-hydrogen) atoms. The Morgan fingerprint density at radius 1 is 1.07 bits per heavy atom. The summed E-state index contributed by atoms with van der Waals surface area (Å²) in [6.45, 7) is 1.15. The van der Waals surface area contributed by atoms with Gasteiger partial charge in [-0.05, 0) is 49.6 Å². The number of carbonyl (C=O) groups is 2. The van der Waals surface area contributed by atoms with E-state index in [9.17, 15) is 24.2 Å². The van der Waals surface area contributed by atoms with Crippen LogP contribution >= 0.6 is 0 Å². The smallest absolute Gasteiger partial charge is 0.335 e. The number of amides is 1. The highest BCUT2D eigenvalue weighted by Crippen LogP contribution is 2.41. The minimum Gasteiger partial charge on any atom is -0.485 e. The molecule has 1 heterocycles. The molecule has 7 nitrogen and oxygen atoms in total. The lowest BCUT2D eigenvalue weighted by atomic mass is 10.1. The van der Waals surface area contributed by atoms with E-state index in [0.29, 0.717) is 25.9 Å². The van der Waals surface area contributed by atoms with Crippen molar-refractivity contribution >= 4 is 11.9 Å². The first-order chi connectivity index (χ1) is 13.9. The Hall–Kier alpha value is -3.13. The van der Waals surface area contributed by atoms with E-state index in [2.05, 4.69) is 0 Å². The van der Waals surface area contributed by atoms with E-state index in [1.807, 2.05) is 0 Å². The zero-order valence-corrected chi connectivity index (χ0v) is 15.6. The van der Waals surface area contributed by atoms with Crippen molar-refractivity contribution in [2.24, 2.45) is 0 Å². The minimum atomic E-state index is -1.19. The molecule has 0 bridgehead atoms. The van der Waals surface area contributed by atoms with Crippen molar-refractivity contribution in [3.8, 4) is 17.2 Å². The summed E-state index contributed by atoms with van der Waals surface area (Å²) >= 11 is 0. The van der Waals surface area contributed by atoms with Crippen LogP contribution in [-0.4, -0.2) is 52.3 Å². The van der Waals surface area contributed by atoms with Crippen LogP contribution in [0.15, 0.2) is 36.4 Å². The van der Waals surface area contributed by atoms with Gasteiger partial charge >= 0.3 is 5.97 Å². The van der Waals surface area contributed by atoms with Gasteiger partial charge in [-0.3, -0.25) is 4.79 Å². The van der Waals surface area contributed by atoms with Gasteiger partial charge in [0.25, 0.3) is 5.91 Å². The van der Waals surface area contributed by atoms with Crippen LogP contribution in [0.1, 0.15) is 40.0 Å². The number of likely N-dealkylation sites (tertiary alicyclic amines) is 1. The van der Waals surface area contributed by atoms with E-state index in [0.717, 1.165) is 12.5 Å². The molecule has 1 saturated carbocycles. The lowest BCUT2D eigenvalue weighted by molar-refractivity contribution is 0.0649. The number of aliphatic hydroxyl groups is 1. The van der Waals surface area contributed by atoms with Gasteiger partial charge in [0, 0.05) is 24.7 Å². The Kier molecular flexibility index (Phi) is 4.87. The molecule has 1 saturated heterocycles. The van der Waals surface area contributed by atoms with Crippen LogP contribution < -0.4 is 9.47 Å². The van der Waals surface area contributed by atoms with Gasteiger partial charge in [0.15, 0.2) is 11.6 Å². The largest absolute Gasteiger partial charge is 0.485 e. The van der Waals surface area contributed by atoms with Crippen molar-refractivity contribution in [1.29, 1.82) is 0 Å². The Morgan fingerprint density at radius 2 is 1.79 bits per heavy atom. The number of hydrogen-bond acceptors (Lipinski definition) is 5. The molecule has 4 rings (SSSR count). The number of carboxylic acids is 1. The van der Waals surface area contributed by atoms with E-state index in [1.165, 1.54) is 30.3 Å². The van der Waals surface area contributed by atoms with Crippen molar-refractivity contribution in [3.63, 3.8) is 0 Å². The van der Waals surface area contributed by atoms with Crippen molar-refractivity contribution in [3.05, 3.63) is 53.3 Å². The number of aliphatic hydroxyl groups excluding tert-OH is 1. The molecule has 2 aromatic carbocycles. The molecule has 0 unspecified atom stereocenters. The molecule has 0 aromatic heterocycles. The summed E-state index contributed by atoms with van der Waals surface area (Å²) < 4.78 is 25.8. The van der Waals surface area contributed by atoms with Crippen LogP contribution in [0, 0.1) is 5.82 Å². The zero-order valence-electron chi connectivity index (χ0n) is 15.6. The fourth-order valence-electron chi connectivity index (χ4n) is 3.04. The minimum absolute atomic E-state index is 0.0781. The predicted molar refractivity (Wildman–Crippen MR) is 100 cm³/mol. The van der Waals surface area contributed by atoms with E-state index < -0.39 is 17.4 Å². The molecule has 2 aliphatic rings. The van der Waals surface area contributed by atoms with Crippen LogP contribution in [0.4, 0.5) is 4.39 Å². The highest BCUT2D eigenvalue weighted by molar-refractivity contribution is 5.94. The third kappa shape index (κ3) is 4.02. The van der Waals surface area contributed by atoms with E-state index >= 15 is 0 Å². The van der Waals surface area contributed by atoms with Crippen LogP contribution in [0.25, 0.3) is 0 Å². The summed E-state index contributed by atoms with van der Waals surface area (Å²) in [7, 11) is 0. The summed E-state index contributed by atoms with van der Waals surface area (Å²) in [5, 5.41) is 18.7. The second-order valence-electron chi connectivity index (χ2n) is 7.33. The second-order valence-corrected chi connectivity index (χ2v) is 7.33. The third-order valence-electron chi connectivity index (χ3n) is 5.11. The molecule has 2 N–H and O–H groups in total. The van der Waals surface area contributed by atoms with Crippen LogP contribution in [-0.2, 0) is 0 Å². The summed E-state index contributed by atoms with van der Waals surface area (Å²) in [6, 6.07) is 7.96. The second kappa shape index (κ2) is 7.36. The van der Waals surface area contributed by atoms with Gasteiger partial charge in [0.1, 0.15) is 17.1 Å². The highest BCUT2D eigenvalue weighted by Gasteiger charge is 2.45. The molecule has 0 radical (unpaired) electrons. The average Bonchev–Trinajstić information content (AvgIpc) is 3.41. The number of aromatic carboxylic acids is 1. The third-order valence-corrected chi connectivity index (χ3v) is 5.11. The van der Waals surface area contributed by atoms with E-state index in [4.69, 9.17) is 9.47 Å². The van der Waals surface area contributed by atoms with Crippen molar-refractivity contribution in [2.75, 3.05) is 19.7 Å². The zero-order chi connectivity index (χ0) is 20.6. The normalized spacial score (nSPS) is 16.7. The molecule has 2 aromatic rings. The number of carboxylic acid groups (broad SMARTS) is 1. The summed E-state index contributed by atoms with van der Waals surface area (Å²) in [5.41, 5.74) is -0.550. The van der Waals surface area contributed by atoms with Gasteiger partial charge in [-0.25, -0.2) is 9.18 Å². The van der Waals surface area contributed by atoms with Gasteiger partial charge in [-0.1, -0.05) is 0 Å². The predicted octanol–water partition coefficient (Wildman–Crippen LogP) is 3.07. The first kappa shape index (κ1) is 19.2. The fraction of sp³-hybridized carbons (Fsp3) is 0.333. The number of ether oxygens (including phenoxy) is 2. The Morgan fingerprint density at radius 3 is 2.34 bits per heavy atom. The summed E-state index contributed by atoms with van der Waals surface area (Å²) in [4.78, 5) is 25.2. The maximum Gasteiger partial charge on any atom is 0.335 e. The van der Waals surface area contributed by atoms with Gasteiger partial charge < -0.3 is 24.6 Å². The van der Waals surface area contributed by atoms with Crippen molar-refractivity contribution < 1.29 is 33.7 Å².